The lowest BCUT2D eigenvalue weighted by atomic mass is 10.0. The number of aromatic hydroxyl groups is 1. The maximum absolute atomic E-state index is 13.3. The zero-order valence-corrected chi connectivity index (χ0v) is 24.7. The Bertz CT molecular complexity index is 1420. The fraction of sp³-hybridized carbons (Fsp3) is 0.290. The Balaban J connectivity index is 1.79. The molecule has 0 spiro atoms. The number of amides is 3. The number of halogens is 1. The molecule has 3 amide bonds. The van der Waals surface area contributed by atoms with Crippen molar-refractivity contribution in [1.82, 2.24) is 10.2 Å². The van der Waals surface area contributed by atoms with Crippen LogP contribution in [-0.4, -0.2) is 60.4 Å². The van der Waals surface area contributed by atoms with Gasteiger partial charge in [-0.05, 0) is 54.8 Å². The van der Waals surface area contributed by atoms with Gasteiger partial charge in [-0.2, -0.15) is 0 Å². The van der Waals surface area contributed by atoms with Crippen LogP contribution in [-0.2, 0) is 33.8 Å². The van der Waals surface area contributed by atoms with E-state index < -0.39 is 29.9 Å². The van der Waals surface area contributed by atoms with E-state index in [9.17, 15) is 24.3 Å². The van der Waals surface area contributed by atoms with E-state index in [-0.39, 0.29) is 35.8 Å². The Morgan fingerprint density at radius 2 is 1.67 bits per heavy atom. The van der Waals surface area contributed by atoms with E-state index in [1.165, 1.54) is 18.2 Å². The number of nitrogens with two attached hydrogens (primary N) is 1. The number of imide groups is 1. The van der Waals surface area contributed by atoms with Gasteiger partial charge in [0.05, 0.1) is 28.8 Å². The second kappa shape index (κ2) is 14.5. The number of ether oxygens (including phenoxy) is 1. The normalized spacial score (nSPS) is 11.5. The highest BCUT2D eigenvalue weighted by molar-refractivity contribution is 6.34. The van der Waals surface area contributed by atoms with Crippen molar-refractivity contribution < 1.29 is 29.0 Å². The first-order valence-electron chi connectivity index (χ1n) is 13.3. The van der Waals surface area contributed by atoms with E-state index in [0.717, 1.165) is 10.5 Å². The number of carbonyl (C=O) groups excluding carboxylic acids is 4. The van der Waals surface area contributed by atoms with Crippen molar-refractivity contribution in [3.8, 4) is 5.75 Å². The molecule has 10 nitrogen and oxygen atoms in total. The Labute approximate surface area is 250 Å². The summed E-state index contributed by atoms with van der Waals surface area (Å²) in [6.07, 6.45) is 0.151. The molecule has 0 aliphatic carbocycles. The Morgan fingerprint density at radius 1 is 1.02 bits per heavy atom. The van der Waals surface area contributed by atoms with Crippen LogP contribution in [0.1, 0.15) is 51.3 Å². The van der Waals surface area contributed by atoms with E-state index in [1.807, 2.05) is 20.2 Å². The Hall–Kier alpha value is -4.41. The molecule has 0 radical (unpaired) electrons. The summed E-state index contributed by atoms with van der Waals surface area (Å²) in [5.41, 5.74) is 8.75. The number of hydrogen-bond acceptors (Lipinski definition) is 8. The monoisotopic (exact) mass is 594 g/mol. The van der Waals surface area contributed by atoms with Crippen LogP contribution >= 0.6 is 11.6 Å². The number of esters is 1. The largest absolute Gasteiger partial charge is 0.507 e. The third kappa shape index (κ3) is 8.08. The molecule has 0 aromatic heterocycles. The summed E-state index contributed by atoms with van der Waals surface area (Å²) < 4.78 is 5.34. The van der Waals surface area contributed by atoms with Gasteiger partial charge in [0.25, 0.3) is 11.8 Å². The number of carbonyl (C=O) groups is 4. The number of nitrogens with one attached hydrogen (secondary N) is 1. The minimum Gasteiger partial charge on any atom is -0.507 e. The summed E-state index contributed by atoms with van der Waals surface area (Å²) in [4.78, 5) is 53.9. The molecule has 3 rings (SSSR count). The molecule has 3 aromatic rings. The fourth-order valence-corrected chi connectivity index (χ4v) is 4.53. The number of phenols is 1. The highest BCUT2D eigenvalue weighted by Crippen LogP contribution is 2.26. The van der Waals surface area contributed by atoms with Gasteiger partial charge in [-0.3, -0.25) is 19.3 Å². The predicted octanol–water partition coefficient (Wildman–Crippen LogP) is 3.66. The molecular formula is C31H35ClN4O6. The van der Waals surface area contributed by atoms with Crippen LogP contribution in [0.4, 0.5) is 5.69 Å². The summed E-state index contributed by atoms with van der Waals surface area (Å²) >= 11 is 6.11. The van der Waals surface area contributed by atoms with Crippen LogP contribution in [0.5, 0.6) is 5.75 Å². The lowest BCUT2D eigenvalue weighted by Gasteiger charge is -2.22. The average Bonchev–Trinajstić information content (AvgIpc) is 2.95. The number of phenolic OH excluding ortho intramolecular Hbond substituents is 1. The van der Waals surface area contributed by atoms with Crippen LogP contribution in [0.3, 0.4) is 0 Å². The van der Waals surface area contributed by atoms with Crippen molar-refractivity contribution >= 4 is 41.5 Å². The van der Waals surface area contributed by atoms with E-state index in [0.29, 0.717) is 28.8 Å². The van der Waals surface area contributed by atoms with E-state index in [2.05, 4.69) is 5.32 Å². The van der Waals surface area contributed by atoms with Crippen molar-refractivity contribution in [3.05, 3.63) is 93.5 Å². The maximum atomic E-state index is 13.3. The SMILES string of the molecule is CC(C)OC(=O)C(Cc1ccc(CN(C=O)C(=O)c2cc(CN)ccc2N(C)C)cc1)NC(=O)c1c(O)cccc1Cl. The highest BCUT2D eigenvalue weighted by Gasteiger charge is 2.27. The molecule has 0 aliphatic rings. The van der Waals surface area contributed by atoms with Crippen molar-refractivity contribution in [2.24, 2.45) is 5.73 Å². The number of hydrogen-bond donors (Lipinski definition) is 3. The van der Waals surface area contributed by atoms with Crippen molar-refractivity contribution in [2.45, 2.75) is 45.5 Å². The summed E-state index contributed by atoms with van der Waals surface area (Å²) in [5, 5.41) is 12.8. The topological polar surface area (TPSA) is 142 Å². The summed E-state index contributed by atoms with van der Waals surface area (Å²) in [5.74, 6) is -2.16. The van der Waals surface area contributed by atoms with Crippen LogP contribution < -0.4 is 16.0 Å². The molecule has 0 aliphatic heterocycles. The highest BCUT2D eigenvalue weighted by atomic mass is 35.5. The van der Waals surface area contributed by atoms with Crippen LogP contribution in [0.2, 0.25) is 5.02 Å². The molecule has 11 heteroatoms. The molecule has 0 saturated heterocycles. The van der Waals surface area contributed by atoms with Crippen molar-refractivity contribution in [1.29, 1.82) is 0 Å². The van der Waals surface area contributed by atoms with Gasteiger partial charge >= 0.3 is 5.97 Å². The lowest BCUT2D eigenvalue weighted by molar-refractivity contribution is -0.149. The van der Waals surface area contributed by atoms with Gasteiger partial charge < -0.3 is 25.8 Å². The van der Waals surface area contributed by atoms with Gasteiger partial charge in [-0.1, -0.05) is 48.0 Å². The zero-order chi connectivity index (χ0) is 31.0. The number of rotatable bonds is 12. The lowest BCUT2D eigenvalue weighted by Crippen LogP contribution is -2.44. The minimum absolute atomic E-state index is 0.0175. The number of anilines is 1. The smallest absolute Gasteiger partial charge is 0.329 e. The molecule has 4 N–H and O–H groups in total. The molecule has 3 aromatic carbocycles. The van der Waals surface area contributed by atoms with Crippen LogP contribution in [0.25, 0.3) is 0 Å². The van der Waals surface area contributed by atoms with Crippen molar-refractivity contribution in [3.63, 3.8) is 0 Å². The van der Waals surface area contributed by atoms with Gasteiger partial charge in [0.2, 0.25) is 6.41 Å². The molecule has 1 atom stereocenters. The van der Waals surface area contributed by atoms with Gasteiger partial charge in [0.1, 0.15) is 11.8 Å². The second-order valence-corrected chi connectivity index (χ2v) is 10.6. The zero-order valence-electron chi connectivity index (χ0n) is 24.0. The maximum Gasteiger partial charge on any atom is 0.329 e. The third-order valence-corrected chi connectivity index (χ3v) is 6.69. The van der Waals surface area contributed by atoms with Gasteiger partial charge in [-0.15, -0.1) is 0 Å². The van der Waals surface area contributed by atoms with Crippen LogP contribution in [0.15, 0.2) is 60.7 Å². The Morgan fingerprint density at radius 3 is 2.24 bits per heavy atom. The van der Waals surface area contributed by atoms with Crippen molar-refractivity contribution in [2.75, 3.05) is 19.0 Å². The Kier molecular flexibility index (Phi) is 11.1. The molecule has 42 heavy (non-hydrogen) atoms. The minimum atomic E-state index is -1.08. The summed E-state index contributed by atoms with van der Waals surface area (Å²) in [6.45, 7) is 3.66. The summed E-state index contributed by atoms with van der Waals surface area (Å²) in [7, 11) is 3.62. The molecular weight excluding hydrogens is 560 g/mol. The predicted molar refractivity (Wildman–Crippen MR) is 160 cm³/mol. The van der Waals surface area contributed by atoms with Gasteiger partial charge in [0.15, 0.2) is 0 Å². The summed E-state index contributed by atoms with van der Waals surface area (Å²) in [6, 6.07) is 15.4. The molecule has 0 bridgehead atoms. The molecule has 1 unspecified atom stereocenters. The first-order chi connectivity index (χ1) is 19.9. The van der Waals surface area contributed by atoms with E-state index in [1.54, 1.807) is 55.1 Å². The van der Waals surface area contributed by atoms with Crippen LogP contribution in [0, 0.1) is 0 Å². The quantitative estimate of drug-likeness (QED) is 0.213. The van der Waals surface area contributed by atoms with E-state index in [4.69, 9.17) is 22.1 Å². The standard InChI is InChI=1S/C31H35ClN4O6/c1-19(2)42-31(41)25(34-29(39)28-24(32)6-5-7-27(28)38)15-20-8-10-21(11-9-20)17-36(18-37)30(40)23-14-22(16-33)12-13-26(23)35(3)4/h5-14,18-19,25,38H,15-17,33H2,1-4H3,(H,34,39). The first kappa shape index (κ1) is 32.1. The molecule has 0 fully saturated rings. The number of benzene rings is 3. The first-order valence-corrected chi connectivity index (χ1v) is 13.7. The second-order valence-electron chi connectivity index (χ2n) is 10.2. The van der Waals surface area contributed by atoms with Gasteiger partial charge in [0, 0.05) is 32.7 Å². The number of nitrogens with zero attached hydrogens (tertiary/aromatic N) is 2. The third-order valence-electron chi connectivity index (χ3n) is 6.37. The van der Waals surface area contributed by atoms with Gasteiger partial charge in [-0.25, -0.2) is 4.79 Å². The average molecular weight is 595 g/mol. The van der Waals surface area contributed by atoms with E-state index >= 15 is 0 Å². The fourth-order valence-electron chi connectivity index (χ4n) is 4.27. The molecule has 0 saturated carbocycles. The molecule has 222 valence electrons. The molecule has 0 heterocycles.